The third-order valence-corrected chi connectivity index (χ3v) is 18.6. The quantitative estimate of drug-likeness (QED) is 0.147. The number of nitrogens with one attached hydrogen (secondary N) is 1. The highest BCUT2D eigenvalue weighted by Gasteiger charge is 2.40. The summed E-state index contributed by atoms with van der Waals surface area (Å²) >= 11 is 0. The molecule has 510 valence electrons. The van der Waals surface area contributed by atoms with Crippen LogP contribution in [0.15, 0.2) is 132 Å². The minimum Gasteiger partial charge on any atom is -0.508 e. The lowest BCUT2D eigenvalue weighted by Gasteiger charge is -2.16. The number of ether oxygens (including phenoxy) is 1. The maximum absolute atomic E-state index is 13.0. The van der Waals surface area contributed by atoms with Crippen molar-refractivity contribution in [2.24, 2.45) is 29.6 Å². The molecule has 96 heavy (non-hydrogen) atoms. The number of alkyl halides is 3. The Morgan fingerprint density at radius 1 is 0.552 bits per heavy atom. The number of allylic oxidation sites excluding steroid dienone is 10. The maximum atomic E-state index is 13.0. The monoisotopic (exact) mass is 1310 g/mol. The molecule has 4 aromatic heterocycles. The molecular formula is C83H102F4N6O3. The first-order chi connectivity index (χ1) is 45.4. The Hall–Kier alpha value is -8.32. The number of phenols is 1. The van der Waals surface area contributed by atoms with Crippen molar-refractivity contribution < 1.29 is 27.4 Å². The Morgan fingerprint density at radius 2 is 1.05 bits per heavy atom. The van der Waals surface area contributed by atoms with Gasteiger partial charge in [-0.25, -0.2) is 14.4 Å². The van der Waals surface area contributed by atoms with Crippen molar-refractivity contribution in [3.05, 3.63) is 233 Å². The van der Waals surface area contributed by atoms with Crippen LogP contribution in [0, 0.1) is 56.2 Å². The third kappa shape index (κ3) is 17.8. The zero-order chi connectivity index (χ0) is 70.0. The van der Waals surface area contributed by atoms with Gasteiger partial charge in [0.25, 0.3) is 0 Å². The molecule has 0 fully saturated rings. The molecule has 6 aliphatic carbocycles. The number of rotatable bonds is 8. The summed E-state index contributed by atoms with van der Waals surface area (Å²) in [7, 11) is 1.66. The molecule has 13 heteroatoms. The number of aryl methyl sites for hydroxylation is 3. The normalized spacial score (nSPS) is 14.4. The lowest BCUT2D eigenvalue weighted by atomic mass is 9.95. The number of aromatic hydroxyl groups is 1. The van der Waals surface area contributed by atoms with Crippen molar-refractivity contribution in [1.82, 2.24) is 29.3 Å². The van der Waals surface area contributed by atoms with E-state index in [-0.39, 0.29) is 17.4 Å². The van der Waals surface area contributed by atoms with Gasteiger partial charge in [-0.05, 0) is 256 Å². The first-order valence-corrected chi connectivity index (χ1v) is 34.5. The van der Waals surface area contributed by atoms with Crippen LogP contribution in [0.4, 0.5) is 17.6 Å². The number of aromatic nitrogens is 6. The highest BCUT2D eigenvalue weighted by molar-refractivity contribution is 5.79. The van der Waals surface area contributed by atoms with Gasteiger partial charge in [-0.15, -0.1) is 0 Å². The number of H-pyrrole nitrogens is 1. The van der Waals surface area contributed by atoms with Gasteiger partial charge in [0.05, 0.1) is 30.2 Å². The largest absolute Gasteiger partial charge is 0.508 e. The Morgan fingerprint density at radius 3 is 1.62 bits per heavy atom. The minimum absolute atomic E-state index is 0.00722. The van der Waals surface area contributed by atoms with Crippen molar-refractivity contribution in [1.29, 1.82) is 0 Å². The summed E-state index contributed by atoms with van der Waals surface area (Å²) in [5.41, 5.74) is 26.3. The molecule has 14 rings (SSSR count). The van der Waals surface area contributed by atoms with Gasteiger partial charge < -0.3 is 19.4 Å². The second-order valence-corrected chi connectivity index (χ2v) is 28.2. The molecule has 9 nitrogen and oxygen atoms in total. The van der Waals surface area contributed by atoms with E-state index in [2.05, 4.69) is 195 Å². The van der Waals surface area contributed by atoms with E-state index in [1.165, 1.54) is 99.8 Å². The predicted octanol–water partition coefficient (Wildman–Crippen LogP) is 21.3. The van der Waals surface area contributed by atoms with E-state index in [9.17, 15) is 27.5 Å². The number of methoxy groups -OCH3 is 1. The Kier molecular flexibility index (Phi) is 24.6. The third-order valence-electron chi connectivity index (χ3n) is 18.6. The van der Waals surface area contributed by atoms with Crippen molar-refractivity contribution in [3.63, 3.8) is 0 Å². The highest BCUT2D eigenvalue weighted by atomic mass is 19.4. The lowest BCUT2D eigenvalue weighted by Crippen LogP contribution is -2.11. The van der Waals surface area contributed by atoms with Gasteiger partial charge in [0.1, 0.15) is 11.6 Å². The van der Waals surface area contributed by atoms with Crippen LogP contribution >= 0.6 is 0 Å². The second-order valence-electron chi connectivity index (χ2n) is 28.2. The zero-order valence-corrected chi connectivity index (χ0v) is 60.0. The van der Waals surface area contributed by atoms with Gasteiger partial charge in [0.2, 0.25) is 11.4 Å². The fourth-order valence-corrected chi connectivity index (χ4v) is 13.4. The van der Waals surface area contributed by atoms with Gasteiger partial charge in [0, 0.05) is 41.2 Å². The van der Waals surface area contributed by atoms with Crippen LogP contribution in [-0.2, 0) is 51.1 Å². The average molecular weight is 1310 g/mol. The molecule has 0 saturated heterocycles. The Labute approximate surface area is 568 Å². The number of fused-ring (bicyclic) bond motifs is 7. The number of phenolic OH excluding ortho intramolecular Hbond substituents is 1. The molecular weight excluding hydrogens is 1200 g/mol. The molecule has 0 unspecified atom stereocenters. The average Bonchev–Trinajstić information content (AvgIpc) is 1.63. The van der Waals surface area contributed by atoms with Gasteiger partial charge in [0.15, 0.2) is 5.69 Å². The first-order valence-electron chi connectivity index (χ1n) is 34.5. The van der Waals surface area contributed by atoms with Crippen LogP contribution in [-0.4, -0.2) is 41.5 Å². The Bertz CT molecular complexity index is 4090. The van der Waals surface area contributed by atoms with E-state index in [1.54, 1.807) is 25.3 Å². The topological polar surface area (TPSA) is 111 Å². The molecule has 0 saturated carbocycles. The minimum atomic E-state index is -4.32. The molecule has 2 N–H and O–H groups in total. The second kappa shape index (κ2) is 32.2. The van der Waals surface area contributed by atoms with E-state index < -0.39 is 11.9 Å². The van der Waals surface area contributed by atoms with Crippen LogP contribution < -0.4 is 10.3 Å². The van der Waals surface area contributed by atoms with Crippen LogP contribution in [0.25, 0.3) is 38.9 Å². The van der Waals surface area contributed by atoms with Crippen molar-refractivity contribution in [3.8, 4) is 11.6 Å². The fraction of sp³-hybridized carbons (Fsp3) is 0.422. The summed E-state index contributed by atoms with van der Waals surface area (Å²) in [5, 5.41) is 13.1. The number of pyridine rings is 2. The predicted molar refractivity (Wildman–Crippen MR) is 390 cm³/mol. The van der Waals surface area contributed by atoms with E-state index >= 15 is 0 Å². The summed E-state index contributed by atoms with van der Waals surface area (Å²) < 4.78 is 60.2. The van der Waals surface area contributed by atoms with Crippen molar-refractivity contribution in [2.45, 2.75) is 194 Å². The Balaban J connectivity index is 0.000000143. The maximum Gasteiger partial charge on any atom is 0.435 e. The molecule has 0 spiro atoms. The fourth-order valence-electron chi connectivity index (χ4n) is 13.4. The van der Waals surface area contributed by atoms with E-state index in [0.29, 0.717) is 59.2 Å². The van der Waals surface area contributed by atoms with Crippen molar-refractivity contribution in [2.75, 3.05) is 7.11 Å². The molecule has 0 aliphatic heterocycles. The van der Waals surface area contributed by atoms with Crippen LogP contribution in [0.5, 0.6) is 11.6 Å². The number of aromatic amines is 1. The summed E-state index contributed by atoms with van der Waals surface area (Å²) in [6.45, 7) is 36.4. The number of nitrogens with zero attached hydrogens (tertiary/aromatic N) is 5. The van der Waals surface area contributed by atoms with Crippen molar-refractivity contribution >= 4 is 38.9 Å². The molecule has 0 bridgehead atoms. The van der Waals surface area contributed by atoms with Crippen LogP contribution in [0.3, 0.4) is 0 Å². The summed E-state index contributed by atoms with van der Waals surface area (Å²) in [6.07, 6.45) is 17.0. The van der Waals surface area contributed by atoms with E-state index in [0.717, 1.165) is 79.5 Å². The SMILES string of the molecule is CC(C)C1=CCc2ccc(=O)[nH]c21.CC(C)C1=CCc2ccc(F)cc21.CC(C)C1=CCc2ccc(O)cc21.CC(C)n1nc(C(F)(F)F)c2c1CCCC2.COc1ccc2c(n1)C(C(C)C)=CC2.Cc1cc2ncn(C(C)C)c2cc1C.Cc1ccc2c(c1)C(C(C)C)=CC2. The number of benzene rings is 4. The molecule has 0 amide bonds. The van der Waals surface area contributed by atoms with Gasteiger partial charge in [-0.1, -0.05) is 148 Å². The number of imidazole rings is 1. The lowest BCUT2D eigenvalue weighted by molar-refractivity contribution is -0.142. The summed E-state index contributed by atoms with van der Waals surface area (Å²) in [6, 6.07) is 29.9. The van der Waals surface area contributed by atoms with E-state index in [4.69, 9.17) is 4.74 Å². The smallest absolute Gasteiger partial charge is 0.435 e. The first kappa shape index (κ1) is 73.5. The zero-order valence-electron chi connectivity index (χ0n) is 60.0. The van der Waals surface area contributed by atoms with Gasteiger partial charge >= 0.3 is 6.18 Å². The molecule has 4 aromatic carbocycles. The summed E-state index contributed by atoms with van der Waals surface area (Å²) in [5.74, 6) is 3.65. The molecule has 0 radical (unpaired) electrons. The summed E-state index contributed by atoms with van der Waals surface area (Å²) in [4.78, 5) is 22.9. The van der Waals surface area contributed by atoms with Crippen LogP contribution in [0.1, 0.15) is 211 Å². The number of hydrogen-bond acceptors (Lipinski definition) is 6. The molecule has 0 atom stereocenters. The van der Waals surface area contributed by atoms with Crippen LogP contribution in [0.2, 0.25) is 0 Å². The highest BCUT2D eigenvalue weighted by Crippen LogP contribution is 2.39. The molecule has 4 heterocycles. The molecule has 8 aromatic rings. The van der Waals surface area contributed by atoms with Gasteiger partial charge in [-0.3, -0.25) is 9.48 Å². The number of hydrogen-bond donors (Lipinski definition) is 2. The van der Waals surface area contributed by atoms with E-state index in [1.807, 2.05) is 50.5 Å². The number of halogens is 4. The van der Waals surface area contributed by atoms with Gasteiger partial charge in [-0.2, -0.15) is 18.3 Å². The molecule has 6 aliphatic rings. The standard InChI is InChI=1S/C13H16.C12H13F.C12H16N2.C12H15NO.C12H14O.C11H15F3N2.C11H13NO/c1-9(2)12-7-6-11-5-4-10(3)8-13(11)12;1-8(2)11-6-4-9-3-5-10(13)7-12(9)11;1-8(2)14-7-13-11-5-9(3)10(4)6-12(11)14;1-8(2)10-6-4-9-5-7-11(14-3)13-12(9)10;1-8(2)11-6-4-9-3-5-10(13)7-12(9)11;1-7(2)16-9-6-4-3-5-8(9)10(15-16)11(12,13)14;1-7(2)9-5-3-8-4-6-10(13)12-11(8)9/h4-5,7-9H,6H2,1-3H3;3,5-8H,4H2,1-2H3;5-8H,1-4H3;5-8H,4H2,1-3H3;3,5-8,13H,4H2,1-2H3;7H,3-6H2,1-2H3;4-7H,3H2,1-2H3,(H,12,13).